The van der Waals surface area contributed by atoms with Crippen LogP contribution >= 0.6 is 0 Å². The lowest BCUT2D eigenvalue weighted by atomic mass is 9.93. The number of unbranched alkanes of at least 4 members (excludes halogenated alkanes) is 1. The smallest absolute Gasteiger partial charge is 0.0806 e. The summed E-state index contributed by atoms with van der Waals surface area (Å²) in [6.45, 7) is 6.58. The molecule has 1 rings (SSSR count). The molecule has 0 saturated heterocycles. The van der Waals surface area contributed by atoms with Crippen molar-refractivity contribution < 1.29 is 4.74 Å². The van der Waals surface area contributed by atoms with Gasteiger partial charge in [0.2, 0.25) is 0 Å². The minimum atomic E-state index is 0.130. The van der Waals surface area contributed by atoms with Crippen LogP contribution in [0, 0.1) is 5.92 Å². The minimum Gasteiger partial charge on any atom is -0.373 e. The third-order valence-electron chi connectivity index (χ3n) is 4.68. The van der Waals surface area contributed by atoms with Crippen molar-refractivity contribution in [3.05, 3.63) is 0 Å². The first-order valence-electron chi connectivity index (χ1n) is 8.55. The van der Waals surface area contributed by atoms with E-state index in [-0.39, 0.29) is 5.60 Å². The molecule has 19 heavy (non-hydrogen) atoms. The van der Waals surface area contributed by atoms with Crippen molar-refractivity contribution in [1.82, 2.24) is 5.32 Å². The summed E-state index contributed by atoms with van der Waals surface area (Å²) in [5.41, 5.74) is 0.130. The van der Waals surface area contributed by atoms with Gasteiger partial charge in [-0.05, 0) is 32.2 Å². The van der Waals surface area contributed by atoms with Crippen molar-refractivity contribution in [2.45, 2.75) is 83.7 Å². The first-order chi connectivity index (χ1) is 9.26. The Kier molecular flexibility index (Phi) is 8.72. The van der Waals surface area contributed by atoms with Gasteiger partial charge in [-0.3, -0.25) is 0 Å². The Morgan fingerprint density at radius 2 is 1.79 bits per heavy atom. The maximum absolute atomic E-state index is 6.48. The Morgan fingerprint density at radius 3 is 2.32 bits per heavy atom. The molecule has 2 nitrogen and oxygen atoms in total. The lowest BCUT2D eigenvalue weighted by Crippen LogP contribution is -2.42. The number of hydrogen-bond acceptors (Lipinski definition) is 2. The molecule has 2 heteroatoms. The summed E-state index contributed by atoms with van der Waals surface area (Å²) in [4.78, 5) is 0. The van der Waals surface area contributed by atoms with Gasteiger partial charge >= 0.3 is 0 Å². The summed E-state index contributed by atoms with van der Waals surface area (Å²) in [5, 5.41) is 3.37. The van der Waals surface area contributed by atoms with Gasteiger partial charge in [-0.25, -0.2) is 0 Å². The molecule has 1 N–H and O–H groups in total. The highest BCUT2D eigenvalue weighted by Gasteiger charge is 2.31. The Hall–Kier alpha value is -0.0800. The van der Waals surface area contributed by atoms with Gasteiger partial charge < -0.3 is 10.1 Å². The molecule has 1 aliphatic rings. The van der Waals surface area contributed by atoms with E-state index in [2.05, 4.69) is 26.2 Å². The molecule has 0 aromatic rings. The SMILES string of the molecule is CCCCC(CC)COC1(CNC)CCCCCC1. The maximum Gasteiger partial charge on any atom is 0.0806 e. The molecule has 114 valence electrons. The number of rotatable bonds is 9. The normalized spacial score (nSPS) is 21.0. The second-order valence-corrected chi connectivity index (χ2v) is 6.36. The predicted molar refractivity (Wildman–Crippen MR) is 83.6 cm³/mol. The molecule has 1 unspecified atom stereocenters. The zero-order valence-electron chi connectivity index (χ0n) is 13.5. The molecule has 0 heterocycles. The van der Waals surface area contributed by atoms with E-state index < -0.39 is 0 Å². The zero-order valence-corrected chi connectivity index (χ0v) is 13.5. The van der Waals surface area contributed by atoms with E-state index in [1.54, 1.807) is 0 Å². The fourth-order valence-corrected chi connectivity index (χ4v) is 3.26. The second kappa shape index (κ2) is 9.77. The van der Waals surface area contributed by atoms with Crippen molar-refractivity contribution in [3.8, 4) is 0 Å². The van der Waals surface area contributed by atoms with Crippen molar-refractivity contribution in [1.29, 1.82) is 0 Å². The molecule has 0 radical (unpaired) electrons. The highest BCUT2D eigenvalue weighted by Crippen LogP contribution is 2.31. The molecular weight excluding hydrogens is 234 g/mol. The van der Waals surface area contributed by atoms with Gasteiger partial charge in [0.15, 0.2) is 0 Å². The van der Waals surface area contributed by atoms with Crippen LogP contribution in [-0.4, -0.2) is 25.8 Å². The third kappa shape index (κ3) is 6.27. The van der Waals surface area contributed by atoms with Crippen molar-refractivity contribution >= 4 is 0 Å². The maximum atomic E-state index is 6.48. The summed E-state index contributed by atoms with van der Waals surface area (Å²) >= 11 is 0. The van der Waals surface area contributed by atoms with Crippen molar-refractivity contribution in [3.63, 3.8) is 0 Å². The van der Waals surface area contributed by atoms with Crippen LogP contribution in [0.15, 0.2) is 0 Å². The van der Waals surface area contributed by atoms with E-state index in [4.69, 9.17) is 4.74 Å². The van der Waals surface area contributed by atoms with Gasteiger partial charge in [0.25, 0.3) is 0 Å². The Morgan fingerprint density at radius 1 is 1.11 bits per heavy atom. The zero-order chi connectivity index (χ0) is 14.0. The number of nitrogens with one attached hydrogen (secondary N) is 1. The van der Waals surface area contributed by atoms with Crippen LogP contribution in [0.3, 0.4) is 0 Å². The Balaban J connectivity index is 2.46. The summed E-state index contributed by atoms with van der Waals surface area (Å²) < 4.78 is 6.48. The monoisotopic (exact) mass is 269 g/mol. The van der Waals surface area contributed by atoms with E-state index in [1.165, 1.54) is 64.2 Å². The first kappa shape index (κ1) is 17.0. The van der Waals surface area contributed by atoms with Crippen molar-refractivity contribution in [2.75, 3.05) is 20.2 Å². The van der Waals surface area contributed by atoms with Crippen LogP contribution in [0.2, 0.25) is 0 Å². The van der Waals surface area contributed by atoms with Gasteiger partial charge in [0.1, 0.15) is 0 Å². The van der Waals surface area contributed by atoms with Gasteiger partial charge in [-0.1, -0.05) is 58.8 Å². The van der Waals surface area contributed by atoms with E-state index >= 15 is 0 Å². The van der Waals surface area contributed by atoms with Crippen molar-refractivity contribution in [2.24, 2.45) is 5.92 Å². The van der Waals surface area contributed by atoms with Gasteiger partial charge in [0, 0.05) is 6.54 Å². The molecule has 0 amide bonds. The molecule has 0 bridgehead atoms. The van der Waals surface area contributed by atoms with Crippen LogP contribution in [0.4, 0.5) is 0 Å². The average molecular weight is 269 g/mol. The predicted octanol–water partition coefficient (Wildman–Crippen LogP) is 4.53. The van der Waals surface area contributed by atoms with Gasteiger partial charge in [0.05, 0.1) is 12.2 Å². The average Bonchev–Trinajstić information content (AvgIpc) is 2.66. The molecule has 1 aliphatic carbocycles. The molecule has 1 fully saturated rings. The van der Waals surface area contributed by atoms with Crippen LogP contribution in [-0.2, 0) is 4.74 Å². The fraction of sp³-hybridized carbons (Fsp3) is 1.00. The summed E-state index contributed by atoms with van der Waals surface area (Å²) in [7, 11) is 2.06. The molecule has 0 aromatic heterocycles. The van der Waals surface area contributed by atoms with Gasteiger partial charge in [-0.2, -0.15) is 0 Å². The topological polar surface area (TPSA) is 21.3 Å². The highest BCUT2D eigenvalue weighted by atomic mass is 16.5. The molecule has 1 saturated carbocycles. The van der Waals surface area contributed by atoms with Gasteiger partial charge in [-0.15, -0.1) is 0 Å². The number of likely N-dealkylation sites (N-methyl/N-ethyl adjacent to an activating group) is 1. The highest BCUT2D eigenvalue weighted by molar-refractivity contribution is 4.85. The molecule has 1 atom stereocenters. The first-order valence-corrected chi connectivity index (χ1v) is 8.55. The van der Waals surface area contributed by atoms with E-state index in [9.17, 15) is 0 Å². The number of ether oxygens (including phenoxy) is 1. The minimum absolute atomic E-state index is 0.130. The van der Waals surface area contributed by atoms with E-state index in [1.807, 2.05) is 0 Å². The quantitative estimate of drug-likeness (QED) is 0.621. The second-order valence-electron chi connectivity index (χ2n) is 6.36. The third-order valence-corrected chi connectivity index (χ3v) is 4.68. The summed E-state index contributed by atoms with van der Waals surface area (Å²) in [6, 6.07) is 0. The lowest BCUT2D eigenvalue weighted by molar-refractivity contribution is -0.0699. The van der Waals surface area contributed by atoms with Crippen LogP contribution in [0.1, 0.15) is 78.1 Å². The lowest BCUT2D eigenvalue weighted by Gasteiger charge is -2.34. The standard InChI is InChI=1S/C17H35NO/c1-4-6-11-16(5-2)14-19-17(15-18-3)12-9-7-8-10-13-17/h16,18H,4-15H2,1-3H3. The molecule has 0 aromatic carbocycles. The molecular formula is C17H35NO. The van der Waals surface area contributed by atoms with Crippen LogP contribution in [0.5, 0.6) is 0 Å². The molecule has 0 spiro atoms. The number of hydrogen-bond donors (Lipinski definition) is 1. The van der Waals surface area contributed by atoms with E-state index in [0.717, 1.165) is 19.1 Å². The molecule has 0 aliphatic heterocycles. The summed E-state index contributed by atoms with van der Waals surface area (Å²) in [5.74, 6) is 0.761. The summed E-state index contributed by atoms with van der Waals surface area (Å²) in [6.07, 6.45) is 13.2. The van der Waals surface area contributed by atoms with E-state index in [0.29, 0.717) is 0 Å². The van der Waals surface area contributed by atoms with Crippen LogP contribution < -0.4 is 5.32 Å². The fourth-order valence-electron chi connectivity index (χ4n) is 3.26. The Labute approximate surface area is 120 Å². The largest absolute Gasteiger partial charge is 0.373 e. The Bertz CT molecular complexity index is 209. The van der Waals surface area contributed by atoms with Crippen LogP contribution in [0.25, 0.3) is 0 Å².